The third kappa shape index (κ3) is 3.59. The van der Waals surface area contributed by atoms with Crippen molar-refractivity contribution in [2.45, 2.75) is 26.7 Å². The quantitative estimate of drug-likeness (QED) is 0.872. The van der Waals surface area contributed by atoms with Gasteiger partial charge in [-0.05, 0) is 38.3 Å². The Kier molecular flexibility index (Phi) is 4.92. The van der Waals surface area contributed by atoms with Gasteiger partial charge in [0, 0.05) is 18.8 Å². The van der Waals surface area contributed by atoms with Gasteiger partial charge in [-0.3, -0.25) is 4.79 Å². The topological polar surface area (TPSA) is 56.1 Å². The first-order valence-electron chi connectivity index (χ1n) is 7.09. The van der Waals surface area contributed by atoms with Crippen molar-refractivity contribution in [3.63, 3.8) is 0 Å². The van der Waals surface area contributed by atoms with Crippen LogP contribution in [0, 0.1) is 31.1 Å². The van der Waals surface area contributed by atoms with Crippen molar-refractivity contribution < 1.29 is 4.79 Å². The van der Waals surface area contributed by atoms with Gasteiger partial charge in [0.25, 0.3) is 0 Å². The molecular weight excluding hydrogens is 282 g/mol. The van der Waals surface area contributed by atoms with Crippen molar-refractivity contribution in [2.75, 3.05) is 18.4 Å². The SMILES string of the molecule is Cc1ccc(NC(=S)[C@H](C#N)C(=O)N2CCCC2)c(C)c1. The Bertz CT molecular complexity index is 600. The monoisotopic (exact) mass is 301 g/mol. The van der Waals surface area contributed by atoms with E-state index in [-0.39, 0.29) is 10.9 Å². The van der Waals surface area contributed by atoms with Gasteiger partial charge in [0.2, 0.25) is 5.91 Å². The molecule has 1 aromatic carbocycles. The summed E-state index contributed by atoms with van der Waals surface area (Å²) in [4.78, 5) is 14.3. The van der Waals surface area contributed by atoms with Gasteiger partial charge in [0.15, 0.2) is 5.92 Å². The minimum absolute atomic E-state index is 0.183. The fourth-order valence-corrected chi connectivity index (χ4v) is 2.77. The fraction of sp³-hybridized carbons (Fsp3) is 0.438. The first kappa shape index (κ1) is 15.5. The van der Waals surface area contributed by atoms with Gasteiger partial charge in [-0.25, -0.2) is 0 Å². The summed E-state index contributed by atoms with van der Waals surface area (Å²) >= 11 is 5.28. The van der Waals surface area contributed by atoms with Gasteiger partial charge in [0.05, 0.1) is 6.07 Å². The van der Waals surface area contributed by atoms with E-state index in [1.54, 1.807) is 4.90 Å². The van der Waals surface area contributed by atoms with Crippen molar-refractivity contribution >= 4 is 28.8 Å². The Morgan fingerprint density at radius 3 is 2.62 bits per heavy atom. The van der Waals surface area contributed by atoms with Gasteiger partial charge in [0.1, 0.15) is 4.99 Å². The molecule has 5 heteroatoms. The number of nitriles is 1. The lowest BCUT2D eigenvalue weighted by Gasteiger charge is -2.20. The largest absolute Gasteiger partial charge is 0.348 e. The Morgan fingerprint density at radius 1 is 1.38 bits per heavy atom. The summed E-state index contributed by atoms with van der Waals surface area (Å²) in [5.41, 5.74) is 3.05. The molecule has 2 rings (SSSR count). The van der Waals surface area contributed by atoms with Crippen LogP contribution in [0.25, 0.3) is 0 Å². The lowest BCUT2D eigenvalue weighted by atomic mass is 10.1. The lowest BCUT2D eigenvalue weighted by Crippen LogP contribution is -2.38. The molecule has 1 fully saturated rings. The molecule has 0 unspecified atom stereocenters. The summed E-state index contributed by atoms with van der Waals surface area (Å²) in [6, 6.07) is 7.97. The second kappa shape index (κ2) is 6.68. The number of benzene rings is 1. The highest BCUT2D eigenvalue weighted by molar-refractivity contribution is 7.80. The number of thiocarbonyl (C=S) groups is 1. The number of anilines is 1. The Morgan fingerprint density at radius 2 is 2.05 bits per heavy atom. The predicted molar refractivity (Wildman–Crippen MR) is 87.1 cm³/mol. The zero-order valence-corrected chi connectivity index (χ0v) is 13.2. The summed E-state index contributed by atoms with van der Waals surface area (Å²) in [7, 11) is 0. The van der Waals surface area contributed by atoms with E-state index in [0.29, 0.717) is 0 Å². The van der Waals surface area contributed by atoms with Crippen LogP contribution in [-0.2, 0) is 4.79 Å². The van der Waals surface area contributed by atoms with Gasteiger partial charge in [-0.1, -0.05) is 29.9 Å². The van der Waals surface area contributed by atoms with Crippen molar-refractivity contribution in [3.05, 3.63) is 29.3 Å². The van der Waals surface area contributed by atoms with Crippen LogP contribution in [0.3, 0.4) is 0 Å². The number of hydrogen-bond acceptors (Lipinski definition) is 3. The normalized spacial score (nSPS) is 15.4. The van der Waals surface area contributed by atoms with Crippen LogP contribution in [-0.4, -0.2) is 28.9 Å². The smallest absolute Gasteiger partial charge is 0.246 e. The minimum Gasteiger partial charge on any atom is -0.348 e. The summed E-state index contributed by atoms with van der Waals surface area (Å²) in [6.07, 6.45) is 2.00. The number of nitrogens with one attached hydrogen (secondary N) is 1. The third-order valence-electron chi connectivity index (χ3n) is 3.70. The molecule has 0 radical (unpaired) electrons. The molecule has 1 aliphatic rings. The molecule has 1 aromatic rings. The summed E-state index contributed by atoms with van der Waals surface area (Å²) in [6.45, 7) is 5.44. The van der Waals surface area contributed by atoms with E-state index < -0.39 is 5.92 Å². The maximum absolute atomic E-state index is 12.3. The molecule has 0 aliphatic carbocycles. The first-order valence-corrected chi connectivity index (χ1v) is 7.50. The van der Waals surface area contributed by atoms with E-state index >= 15 is 0 Å². The number of amides is 1. The maximum Gasteiger partial charge on any atom is 0.246 e. The van der Waals surface area contributed by atoms with Crippen LogP contribution in [0.5, 0.6) is 0 Å². The highest BCUT2D eigenvalue weighted by Crippen LogP contribution is 2.19. The molecule has 1 heterocycles. The second-order valence-corrected chi connectivity index (χ2v) is 5.84. The fourth-order valence-electron chi connectivity index (χ4n) is 2.50. The number of carbonyl (C=O) groups excluding carboxylic acids is 1. The molecule has 1 aliphatic heterocycles. The van der Waals surface area contributed by atoms with Crippen LogP contribution in [0.15, 0.2) is 18.2 Å². The average molecular weight is 301 g/mol. The number of rotatable bonds is 3. The van der Waals surface area contributed by atoms with Crippen LogP contribution >= 0.6 is 12.2 Å². The van der Waals surface area contributed by atoms with E-state index in [2.05, 4.69) is 5.32 Å². The van der Waals surface area contributed by atoms with Crippen LogP contribution < -0.4 is 5.32 Å². The molecule has 0 aromatic heterocycles. The van der Waals surface area contributed by atoms with E-state index in [9.17, 15) is 10.1 Å². The molecule has 1 saturated heterocycles. The number of carbonyl (C=O) groups is 1. The van der Waals surface area contributed by atoms with Crippen LogP contribution in [0.4, 0.5) is 5.69 Å². The number of likely N-dealkylation sites (tertiary alicyclic amines) is 1. The number of nitrogens with zero attached hydrogens (tertiary/aromatic N) is 2. The molecule has 1 N–H and O–H groups in total. The second-order valence-electron chi connectivity index (χ2n) is 5.40. The molecular formula is C16H19N3OS. The van der Waals surface area contributed by atoms with Gasteiger partial charge < -0.3 is 10.2 Å². The first-order chi connectivity index (χ1) is 10.0. The van der Waals surface area contributed by atoms with Crippen molar-refractivity contribution in [1.82, 2.24) is 4.90 Å². The highest BCUT2D eigenvalue weighted by atomic mass is 32.1. The number of hydrogen-bond donors (Lipinski definition) is 1. The highest BCUT2D eigenvalue weighted by Gasteiger charge is 2.29. The van der Waals surface area contributed by atoms with Crippen molar-refractivity contribution in [3.8, 4) is 6.07 Å². The average Bonchev–Trinajstić information content (AvgIpc) is 2.96. The maximum atomic E-state index is 12.3. The molecule has 4 nitrogen and oxygen atoms in total. The Hall–Kier alpha value is -1.93. The molecule has 1 amide bonds. The predicted octanol–water partition coefficient (Wildman–Crippen LogP) is 2.80. The summed E-state index contributed by atoms with van der Waals surface area (Å²) in [5.74, 6) is -1.09. The van der Waals surface area contributed by atoms with Gasteiger partial charge >= 0.3 is 0 Å². The molecule has 1 atom stereocenters. The Balaban J connectivity index is 2.10. The van der Waals surface area contributed by atoms with E-state index in [0.717, 1.165) is 42.7 Å². The molecule has 110 valence electrons. The molecule has 21 heavy (non-hydrogen) atoms. The summed E-state index contributed by atoms with van der Waals surface area (Å²) < 4.78 is 0. The number of aryl methyl sites for hydroxylation is 2. The summed E-state index contributed by atoms with van der Waals surface area (Å²) in [5, 5.41) is 12.3. The zero-order valence-electron chi connectivity index (χ0n) is 12.3. The molecule has 0 saturated carbocycles. The Labute approximate surface area is 130 Å². The zero-order chi connectivity index (χ0) is 15.4. The van der Waals surface area contributed by atoms with Gasteiger partial charge in [-0.2, -0.15) is 5.26 Å². The van der Waals surface area contributed by atoms with Crippen LogP contribution in [0.1, 0.15) is 24.0 Å². The lowest BCUT2D eigenvalue weighted by molar-refractivity contribution is -0.130. The van der Waals surface area contributed by atoms with Gasteiger partial charge in [-0.15, -0.1) is 0 Å². The van der Waals surface area contributed by atoms with E-state index in [1.807, 2.05) is 38.1 Å². The molecule has 0 spiro atoms. The molecule has 0 bridgehead atoms. The van der Waals surface area contributed by atoms with Crippen LogP contribution in [0.2, 0.25) is 0 Å². The third-order valence-corrected chi connectivity index (χ3v) is 4.03. The van der Waals surface area contributed by atoms with E-state index in [1.165, 1.54) is 0 Å². The standard InChI is InChI=1S/C16H19N3OS/c1-11-5-6-14(12(2)9-11)18-15(21)13(10-17)16(20)19-7-3-4-8-19/h5-6,9,13H,3-4,7-8H2,1-2H3,(H,18,21)/t13-/m0/s1. The van der Waals surface area contributed by atoms with E-state index in [4.69, 9.17) is 12.2 Å². The van der Waals surface area contributed by atoms with Crippen molar-refractivity contribution in [1.29, 1.82) is 5.26 Å². The van der Waals surface area contributed by atoms with Crippen molar-refractivity contribution in [2.24, 2.45) is 5.92 Å². The minimum atomic E-state index is -0.904.